The van der Waals surface area contributed by atoms with Crippen molar-refractivity contribution < 1.29 is 22.8 Å². The average Bonchev–Trinajstić information content (AvgIpc) is 2.58. The van der Waals surface area contributed by atoms with Gasteiger partial charge >= 0.3 is 12.1 Å². The van der Waals surface area contributed by atoms with E-state index in [4.69, 9.17) is 0 Å². The molecule has 1 amide bonds. The van der Waals surface area contributed by atoms with E-state index in [9.17, 15) is 22.8 Å². The van der Waals surface area contributed by atoms with E-state index in [1.54, 1.807) is 12.1 Å². The molecule has 0 heterocycles. The fraction of sp³-hybridized carbons (Fsp3) is 0.263. The van der Waals surface area contributed by atoms with Gasteiger partial charge in [-0.05, 0) is 23.1 Å². The lowest BCUT2D eigenvalue weighted by Crippen LogP contribution is -2.36. The van der Waals surface area contributed by atoms with Gasteiger partial charge < -0.3 is 0 Å². The Balaban J connectivity index is 2.08. The number of hydrogen-bond donors (Lipinski definition) is 2. The number of benzene rings is 2. The highest BCUT2D eigenvalue weighted by atomic mass is 19.4. The number of halogens is 3. The first-order valence-electron chi connectivity index (χ1n) is 7.87. The molecule has 0 saturated carbocycles. The van der Waals surface area contributed by atoms with E-state index >= 15 is 0 Å². The number of carbonyl (C=O) groups excluding carboxylic acids is 2. The van der Waals surface area contributed by atoms with E-state index in [-0.39, 0.29) is 16.7 Å². The molecule has 0 fully saturated rings. The first kappa shape index (κ1) is 19.5. The third-order valence-corrected chi connectivity index (χ3v) is 3.76. The maximum atomic E-state index is 12.9. The molecular weight excluding hydrogens is 345 g/mol. The van der Waals surface area contributed by atoms with Crippen molar-refractivity contribution >= 4 is 17.4 Å². The number of Topliss-reactive ketones (excluding diaryl/α,β-unsaturated/α-hetero) is 1. The van der Waals surface area contributed by atoms with Crippen molar-refractivity contribution in [3.05, 3.63) is 65.2 Å². The average molecular weight is 364 g/mol. The molecule has 0 bridgehead atoms. The summed E-state index contributed by atoms with van der Waals surface area (Å²) in [5.41, 5.74) is 3.94. The van der Waals surface area contributed by atoms with Crippen molar-refractivity contribution in [2.75, 3.05) is 5.43 Å². The first-order chi connectivity index (χ1) is 12.0. The summed E-state index contributed by atoms with van der Waals surface area (Å²) in [4.78, 5) is 24.1. The topological polar surface area (TPSA) is 58.2 Å². The Morgan fingerprint density at radius 3 is 2.00 bits per heavy atom. The van der Waals surface area contributed by atoms with E-state index in [1.807, 2.05) is 26.2 Å². The first-order valence-corrected chi connectivity index (χ1v) is 7.87. The SMILES string of the molecule is CC(C)(C)c1ccc(C(=O)C(=O)NNc2ccccc2C(F)(F)F)cc1. The molecular formula is C19H19F3N2O2. The predicted molar refractivity (Wildman–Crippen MR) is 92.7 cm³/mol. The number of nitrogens with one attached hydrogen (secondary N) is 2. The summed E-state index contributed by atoms with van der Waals surface area (Å²) in [7, 11) is 0. The number of rotatable bonds is 4. The lowest BCUT2D eigenvalue weighted by atomic mass is 9.86. The van der Waals surface area contributed by atoms with Crippen LogP contribution in [-0.2, 0) is 16.4 Å². The zero-order valence-electron chi connectivity index (χ0n) is 14.6. The summed E-state index contributed by atoms with van der Waals surface area (Å²) in [6, 6.07) is 11.2. The van der Waals surface area contributed by atoms with Crippen molar-refractivity contribution in [3.8, 4) is 0 Å². The molecule has 0 spiro atoms. The Morgan fingerprint density at radius 1 is 0.885 bits per heavy atom. The van der Waals surface area contributed by atoms with Gasteiger partial charge in [0, 0.05) is 5.56 Å². The highest BCUT2D eigenvalue weighted by molar-refractivity contribution is 6.42. The summed E-state index contributed by atoms with van der Waals surface area (Å²) in [6.45, 7) is 6.04. The van der Waals surface area contributed by atoms with Gasteiger partial charge in [0.1, 0.15) is 0 Å². The second-order valence-corrected chi connectivity index (χ2v) is 6.78. The molecule has 0 atom stereocenters. The van der Waals surface area contributed by atoms with Gasteiger partial charge in [-0.2, -0.15) is 13.2 Å². The Labute approximate surface area is 149 Å². The molecule has 0 aromatic heterocycles. The summed E-state index contributed by atoms with van der Waals surface area (Å²) < 4.78 is 38.7. The molecule has 0 aliphatic rings. The zero-order valence-corrected chi connectivity index (χ0v) is 14.6. The standard InChI is InChI=1S/C19H19F3N2O2/c1-18(2,3)13-10-8-12(9-11-13)16(25)17(26)24-23-15-7-5-4-6-14(15)19(20,21)22/h4-11,23H,1-3H3,(H,24,26). The molecule has 2 aromatic carbocycles. The van der Waals surface area contributed by atoms with Crippen molar-refractivity contribution in [1.82, 2.24) is 5.43 Å². The van der Waals surface area contributed by atoms with Gasteiger partial charge in [0.2, 0.25) is 0 Å². The van der Waals surface area contributed by atoms with Gasteiger partial charge in [-0.15, -0.1) is 0 Å². The molecule has 0 radical (unpaired) electrons. The quantitative estimate of drug-likeness (QED) is 0.482. The number of amides is 1. The van der Waals surface area contributed by atoms with Gasteiger partial charge in [-0.3, -0.25) is 20.4 Å². The second kappa shape index (κ2) is 7.19. The lowest BCUT2D eigenvalue weighted by Gasteiger charge is -2.19. The van der Waals surface area contributed by atoms with Crippen LogP contribution in [0.1, 0.15) is 42.3 Å². The van der Waals surface area contributed by atoms with E-state index in [1.165, 1.54) is 24.3 Å². The van der Waals surface area contributed by atoms with Gasteiger partial charge in [0.05, 0.1) is 11.3 Å². The molecule has 26 heavy (non-hydrogen) atoms. The maximum absolute atomic E-state index is 12.9. The summed E-state index contributed by atoms with van der Waals surface area (Å²) in [5, 5.41) is 0. The molecule has 138 valence electrons. The Kier molecular flexibility index (Phi) is 5.39. The number of anilines is 1. The molecule has 0 saturated heterocycles. The number of alkyl halides is 3. The molecule has 2 N–H and O–H groups in total. The number of ketones is 1. The molecule has 4 nitrogen and oxygen atoms in total. The number of hydrogen-bond acceptors (Lipinski definition) is 3. The van der Waals surface area contributed by atoms with Crippen LogP contribution in [0.3, 0.4) is 0 Å². The summed E-state index contributed by atoms with van der Waals surface area (Å²) >= 11 is 0. The maximum Gasteiger partial charge on any atom is 0.418 e. The molecule has 0 aliphatic carbocycles. The third kappa shape index (κ3) is 4.62. The largest absolute Gasteiger partial charge is 0.418 e. The van der Waals surface area contributed by atoms with Crippen molar-refractivity contribution in [2.45, 2.75) is 32.4 Å². The van der Waals surface area contributed by atoms with E-state index in [0.29, 0.717) is 0 Å². The Hall–Kier alpha value is -2.83. The van der Waals surface area contributed by atoms with Gasteiger partial charge in [-0.1, -0.05) is 57.2 Å². The van der Waals surface area contributed by atoms with Crippen LogP contribution in [0, 0.1) is 0 Å². The number of carbonyl (C=O) groups is 2. The van der Waals surface area contributed by atoms with Crippen molar-refractivity contribution in [1.29, 1.82) is 0 Å². The van der Waals surface area contributed by atoms with Crippen molar-refractivity contribution in [3.63, 3.8) is 0 Å². The van der Waals surface area contributed by atoms with Crippen LogP contribution in [0.4, 0.5) is 18.9 Å². The van der Waals surface area contributed by atoms with E-state index in [0.717, 1.165) is 17.7 Å². The minimum Gasteiger partial charge on any atom is -0.298 e. The van der Waals surface area contributed by atoms with Crippen LogP contribution in [0.5, 0.6) is 0 Å². The van der Waals surface area contributed by atoms with Crippen LogP contribution in [0.2, 0.25) is 0 Å². The van der Waals surface area contributed by atoms with Gasteiger partial charge in [0.15, 0.2) is 0 Å². The highest BCUT2D eigenvalue weighted by Crippen LogP contribution is 2.34. The van der Waals surface area contributed by atoms with E-state index < -0.39 is 23.4 Å². The molecule has 0 aliphatic heterocycles. The van der Waals surface area contributed by atoms with Gasteiger partial charge in [-0.25, -0.2) is 0 Å². The minimum atomic E-state index is -4.58. The number of para-hydroxylation sites is 1. The smallest absolute Gasteiger partial charge is 0.298 e. The van der Waals surface area contributed by atoms with Crippen LogP contribution in [0.15, 0.2) is 48.5 Å². The van der Waals surface area contributed by atoms with Gasteiger partial charge in [0.25, 0.3) is 5.78 Å². The molecule has 2 aromatic rings. The van der Waals surface area contributed by atoms with Crippen LogP contribution in [-0.4, -0.2) is 11.7 Å². The fourth-order valence-electron chi connectivity index (χ4n) is 2.27. The molecule has 2 rings (SSSR count). The number of hydrazine groups is 1. The molecule has 7 heteroatoms. The van der Waals surface area contributed by atoms with Crippen molar-refractivity contribution in [2.24, 2.45) is 0 Å². The summed E-state index contributed by atoms with van der Waals surface area (Å²) in [5.74, 6) is -1.90. The third-order valence-electron chi connectivity index (χ3n) is 3.76. The highest BCUT2D eigenvalue weighted by Gasteiger charge is 2.33. The summed E-state index contributed by atoms with van der Waals surface area (Å²) in [6.07, 6.45) is -4.58. The van der Waals surface area contributed by atoms with Crippen LogP contribution >= 0.6 is 0 Å². The lowest BCUT2D eigenvalue weighted by molar-refractivity contribution is -0.137. The van der Waals surface area contributed by atoms with Crippen LogP contribution < -0.4 is 10.9 Å². The zero-order chi connectivity index (χ0) is 19.5. The Bertz CT molecular complexity index is 807. The normalized spacial score (nSPS) is 11.8. The van der Waals surface area contributed by atoms with E-state index in [2.05, 4.69) is 5.43 Å². The monoisotopic (exact) mass is 364 g/mol. The fourth-order valence-corrected chi connectivity index (χ4v) is 2.27. The second-order valence-electron chi connectivity index (χ2n) is 6.78. The molecule has 0 unspecified atom stereocenters. The Morgan fingerprint density at radius 2 is 1.46 bits per heavy atom. The minimum absolute atomic E-state index is 0.104. The predicted octanol–water partition coefficient (Wildman–Crippen LogP) is 4.33. The van der Waals surface area contributed by atoms with Crippen LogP contribution in [0.25, 0.3) is 0 Å².